The van der Waals surface area contributed by atoms with E-state index < -0.39 is 41.4 Å². The van der Waals surface area contributed by atoms with Crippen LogP contribution < -0.4 is 4.72 Å². The molecule has 0 bridgehead atoms. The molecule has 3 aromatic carbocycles. The summed E-state index contributed by atoms with van der Waals surface area (Å²) in [7, 11) is -8.92. The summed E-state index contributed by atoms with van der Waals surface area (Å²) in [5, 5.41) is 0. The van der Waals surface area contributed by atoms with E-state index in [-0.39, 0.29) is 11.4 Å². The van der Waals surface area contributed by atoms with Crippen LogP contribution in [-0.2, 0) is 32.6 Å². The molecular formula is C20H15BrF3NO4S2. The van der Waals surface area contributed by atoms with Gasteiger partial charge in [-0.1, -0.05) is 46.3 Å². The lowest BCUT2D eigenvalue weighted by molar-refractivity contribution is -0.139. The van der Waals surface area contributed by atoms with Gasteiger partial charge in [-0.3, -0.25) is 0 Å². The van der Waals surface area contributed by atoms with Crippen molar-refractivity contribution in [2.24, 2.45) is 0 Å². The molecule has 3 aromatic rings. The maximum absolute atomic E-state index is 13.5. The Hall–Kier alpha value is -2.21. The summed E-state index contributed by atoms with van der Waals surface area (Å²) in [6.45, 7) is -0.283. The first kappa shape index (κ1) is 23.5. The van der Waals surface area contributed by atoms with Gasteiger partial charge in [0.25, 0.3) is 0 Å². The monoisotopic (exact) mass is 533 g/mol. The quantitative estimate of drug-likeness (QED) is 0.494. The van der Waals surface area contributed by atoms with Crippen LogP contribution in [0.3, 0.4) is 0 Å². The van der Waals surface area contributed by atoms with E-state index in [2.05, 4.69) is 20.7 Å². The van der Waals surface area contributed by atoms with Crippen molar-refractivity contribution < 1.29 is 30.0 Å². The number of nitrogens with one attached hydrogen (secondary N) is 1. The molecule has 0 saturated carbocycles. The van der Waals surface area contributed by atoms with Gasteiger partial charge < -0.3 is 0 Å². The molecular weight excluding hydrogens is 519 g/mol. The highest BCUT2D eigenvalue weighted by Crippen LogP contribution is 2.36. The Morgan fingerprint density at radius 1 is 0.806 bits per heavy atom. The van der Waals surface area contributed by atoms with Crippen molar-refractivity contribution in [3.63, 3.8) is 0 Å². The molecule has 0 aromatic heterocycles. The molecule has 3 rings (SSSR count). The second-order valence-corrected chi connectivity index (χ2v) is 11.0. The fraction of sp³-hybridized carbons (Fsp3) is 0.100. The van der Waals surface area contributed by atoms with Crippen molar-refractivity contribution in [2.45, 2.75) is 27.4 Å². The first-order chi connectivity index (χ1) is 14.4. The lowest BCUT2D eigenvalue weighted by Gasteiger charge is -2.16. The van der Waals surface area contributed by atoms with E-state index in [0.29, 0.717) is 22.2 Å². The fourth-order valence-corrected chi connectivity index (χ4v) is 5.86. The van der Waals surface area contributed by atoms with Gasteiger partial charge in [0.1, 0.15) is 0 Å². The van der Waals surface area contributed by atoms with Crippen molar-refractivity contribution in [3.8, 4) is 0 Å². The summed E-state index contributed by atoms with van der Waals surface area (Å²) >= 11 is 3.23. The first-order valence-electron chi connectivity index (χ1n) is 8.67. The van der Waals surface area contributed by atoms with Crippen molar-refractivity contribution >= 4 is 35.8 Å². The highest BCUT2D eigenvalue weighted by molar-refractivity contribution is 9.10. The molecule has 0 aliphatic rings. The van der Waals surface area contributed by atoms with Crippen LogP contribution >= 0.6 is 15.9 Å². The van der Waals surface area contributed by atoms with Crippen LogP contribution in [0.5, 0.6) is 0 Å². The maximum atomic E-state index is 13.5. The number of hydrogen-bond donors (Lipinski definition) is 1. The molecule has 1 N–H and O–H groups in total. The number of sulfone groups is 1. The van der Waals surface area contributed by atoms with Gasteiger partial charge >= 0.3 is 6.18 Å². The summed E-state index contributed by atoms with van der Waals surface area (Å²) < 4.78 is 94.4. The molecule has 0 saturated heterocycles. The lowest BCUT2D eigenvalue weighted by atomic mass is 10.2. The minimum Gasteiger partial charge on any atom is -0.219 e. The van der Waals surface area contributed by atoms with Gasteiger partial charge in [0.2, 0.25) is 19.9 Å². The van der Waals surface area contributed by atoms with Gasteiger partial charge in [-0.2, -0.15) is 13.2 Å². The van der Waals surface area contributed by atoms with Crippen LogP contribution in [0, 0.1) is 0 Å². The van der Waals surface area contributed by atoms with Crippen LogP contribution in [0.15, 0.2) is 92.0 Å². The number of alkyl halides is 3. The Kier molecular flexibility index (Phi) is 6.61. The maximum Gasteiger partial charge on any atom is 0.417 e. The first-order valence-corrected chi connectivity index (χ1v) is 12.4. The number of rotatable bonds is 6. The van der Waals surface area contributed by atoms with Gasteiger partial charge in [0.15, 0.2) is 0 Å². The summed E-state index contributed by atoms with van der Waals surface area (Å²) in [6, 6.07) is 15.3. The van der Waals surface area contributed by atoms with E-state index in [9.17, 15) is 30.0 Å². The third-order valence-corrected chi connectivity index (χ3v) is 7.97. The zero-order chi connectivity index (χ0) is 22.9. The molecule has 0 spiro atoms. The SMILES string of the molecule is O=S(=O)(NCc1cccc(Br)c1)c1cc(S(=O)(=O)c2ccccc2)ccc1C(F)(F)F. The normalized spacial score (nSPS) is 12.6. The van der Waals surface area contributed by atoms with Crippen LogP contribution in [0.2, 0.25) is 0 Å². The minimum atomic E-state index is -5.01. The molecule has 31 heavy (non-hydrogen) atoms. The standard InChI is InChI=1S/C20H15BrF3NO4S2/c21-15-6-4-5-14(11-15)13-25-31(28,29)19-12-17(9-10-18(19)20(22,23)24)30(26,27)16-7-2-1-3-8-16/h1-12,25H,13H2. The van der Waals surface area contributed by atoms with Gasteiger partial charge in [0.05, 0.1) is 20.2 Å². The van der Waals surface area contributed by atoms with Gasteiger partial charge in [-0.15, -0.1) is 0 Å². The number of sulfonamides is 1. The average molecular weight is 534 g/mol. The molecule has 0 amide bonds. The third-order valence-electron chi connectivity index (χ3n) is 4.27. The number of benzene rings is 3. The average Bonchev–Trinajstić information content (AvgIpc) is 2.72. The van der Waals surface area contributed by atoms with Gasteiger partial charge in [-0.05, 0) is 48.0 Å². The number of hydrogen-bond acceptors (Lipinski definition) is 4. The zero-order valence-electron chi connectivity index (χ0n) is 15.6. The van der Waals surface area contributed by atoms with Crippen LogP contribution in [-0.4, -0.2) is 16.8 Å². The molecule has 0 aliphatic carbocycles. The topological polar surface area (TPSA) is 80.3 Å². The van der Waals surface area contributed by atoms with Gasteiger partial charge in [0, 0.05) is 11.0 Å². The lowest BCUT2D eigenvalue weighted by Crippen LogP contribution is -2.26. The third kappa shape index (κ3) is 5.35. The van der Waals surface area contributed by atoms with E-state index >= 15 is 0 Å². The molecule has 0 heterocycles. The summed E-state index contributed by atoms with van der Waals surface area (Å²) in [4.78, 5) is -1.89. The largest absolute Gasteiger partial charge is 0.417 e. The highest BCUT2D eigenvalue weighted by atomic mass is 79.9. The predicted octanol–water partition coefficient (Wildman–Crippen LogP) is 4.78. The Bertz CT molecular complexity index is 1310. The second kappa shape index (κ2) is 8.73. The molecule has 0 fully saturated rings. The zero-order valence-corrected chi connectivity index (χ0v) is 18.8. The predicted molar refractivity (Wildman–Crippen MR) is 112 cm³/mol. The van der Waals surface area contributed by atoms with Gasteiger partial charge in [-0.25, -0.2) is 21.6 Å². The summed E-state index contributed by atoms with van der Waals surface area (Å²) in [5.74, 6) is 0. The van der Waals surface area contributed by atoms with Crippen LogP contribution in [0.1, 0.15) is 11.1 Å². The molecule has 0 unspecified atom stereocenters. The van der Waals surface area contributed by atoms with E-state index in [1.807, 2.05) is 0 Å². The minimum absolute atomic E-state index is 0.166. The van der Waals surface area contributed by atoms with E-state index in [1.54, 1.807) is 30.3 Å². The van der Waals surface area contributed by atoms with Crippen molar-refractivity contribution in [3.05, 3.63) is 88.4 Å². The summed E-state index contributed by atoms with van der Waals surface area (Å²) in [5.41, 5.74) is -0.958. The highest BCUT2D eigenvalue weighted by Gasteiger charge is 2.38. The Labute approximate surface area is 186 Å². The molecule has 0 aliphatic heterocycles. The molecule has 164 valence electrons. The molecule has 5 nitrogen and oxygen atoms in total. The van der Waals surface area contributed by atoms with Crippen molar-refractivity contribution in [2.75, 3.05) is 0 Å². The molecule has 0 radical (unpaired) electrons. The van der Waals surface area contributed by atoms with Crippen molar-refractivity contribution in [1.29, 1.82) is 0 Å². The van der Waals surface area contributed by atoms with Crippen LogP contribution in [0.4, 0.5) is 13.2 Å². The Balaban J connectivity index is 2.07. The Morgan fingerprint density at radius 2 is 1.48 bits per heavy atom. The smallest absolute Gasteiger partial charge is 0.219 e. The van der Waals surface area contributed by atoms with E-state index in [1.165, 1.54) is 24.3 Å². The Morgan fingerprint density at radius 3 is 2.10 bits per heavy atom. The fourth-order valence-electron chi connectivity index (χ4n) is 2.77. The molecule has 11 heteroatoms. The van der Waals surface area contributed by atoms with Crippen LogP contribution in [0.25, 0.3) is 0 Å². The molecule has 0 atom stereocenters. The second-order valence-electron chi connectivity index (χ2n) is 6.43. The van der Waals surface area contributed by atoms with E-state index in [4.69, 9.17) is 0 Å². The number of halogens is 4. The van der Waals surface area contributed by atoms with Crippen molar-refractivity contribution in [1.82, 2.24) is 4.72 Å². The summed E-state index contributed by atoms with van der Waals surface area (Å²) in [6.07, 6.45) is -5.01. The van der Waals surface area contributed by atoms with E-state index in [0.717, 1.165) is 6.07 Å².